The highest BCUT2D eigenvalue weighted by molar-refractivity contribution is 5.55. The number of hydrogen-bond donors (Lipinski definition) is 0. The predicted molar refractivity (Wildman–Crippen MR) is 112 cm³/mol. The van der Waals surface area contributed by atoms with Crippen molar-refractivity contribution in [3.05, 3.63) is 47.8 Å². The Kier molecular flexibility index (Phi) is 8.10. The normalized spacial score (nSPS) is 14.8. The fraction of sp³-hybridized carbons (Fsp3) is 0.500. The quantitative estimate of drug-likeness (QED) is 0.606. The molecule has 1 saturated heterocycles. The molecule has 0 saturated carbocycles. The average Bonchev–Trinajstić information content (AvgIpc) is 2.78. The summed E-state index contributed by atoms with van der Waals surface area (Å²) in [7, 11) is 4.93. The molecule has 1 aliphatic heterocycles. The summed E-state index contributed by atoms with van der Waals surface area (Å²) in [4.78, 5) is 9.13. The molecule has 1 fully saturated rings. The third-order valence-corrected chi connectivity index (χ3v) is 5.14. The molecule has 0 spiro atoms. The summed E-state index contributed by atoms with van der Waals surface area (Å²) in [5.41, 5.74) is 2.25. The highest BCUT2D eigenvalue weighted by Crippen LogP contribution is 2.40. The fourth-order valence-corrected chi connectivity index (χ4v) is 3.60. The van der Waals surface area contributed by atoms with Gasteiger partial charge in [0.05, 0.1) is 34.5 Å². The SMILES string of the molecule is COc1ccc(CN(CCN2CCOCC2)Cc2cccnc2)c(OC)c1OC. The van der Waals surface area contributed by atoms with Crippen molar-refractivity contribution < 1.29 is 18.9 Å². The Morgan fingerprint density at radius 1 is 1.00 bits per heavy atom. The van der Waals surface area contributed by atoms with Crippen molar-refractivity contribution in [2.75, 3.05) is 60.7 Å². The minimum atomic E-state index is 0.627. The van der Waals surface area contributed by atoms with Gasteiger partial charge in [-0.1, -0.05) is 12.1 Å². The summed E-state index contributed by atoms with van der Waals surface area (Å²) in [6.45, 7) is 7.09. The zero-order chi connectivity index (χ0) is 20.5. The van der Waals surface area contributed by atoms with Crippen LogP contribution in [0.15, 0.2) is 36.7 Å². The van der Waals surface area contributed by atoms with Gasteiger partial charge in [-0.25, -0.2) is 0 Å². The summed E-state index contributed by atoms with van der Waals surface area (Å²) in [6.07, 6.45) is 3.73. The van der Waals surface area contributed by atoms with Gasteiger partial charge in [0.2, 0.25) is 5.75 Å². The molecule has 7 heteroatoms. The molecule has 0 N–H and O–H groups in total. The van der Waals surface area contributed by atoms with Crippen molar-refractivity contribution in [1.82, 2.24) is 14.8 Å². The fourth-order valence-electron chi connectivity index (χ4n) is 3.60. The molecule has 0 radical (unpaired) electrons. The average molecular weight is 402 g/mol. The summed E-state index contributed by atoms with van der Waals surface area (Å²) in [6, 6.07) is 8.07. The molecule has 0 unspecified atom stereocenters. The molecule has 1 aromatic carbocycles. The monoisotopic (exact) mass is 401 g/mol. The van der Waals surface area contributed by atoms with Crippen LogP contribution in [0.4, 0.5) is 0 Å². The molecule has 29 heavy (non-hydrogen) atoms. The molecule has 3 rings (SSSR count). The predicted octanol–water partition coefficient (Wildman–Crippen LogP) is 2.44. The van der Waals surface area contributed by atoms with Crippen LogP contribution in [0, 0.1) is 0 Å². The van der Waals surface area contributed by atoms with Crippen LogP contribution in [0.1, 0.15) is 11.1 Å². The van der Waals surface area contributed by atoms with Gasteiger partial charge < -0.3 is 18.9 Å². The van der Waals surface area contributed by atoms with Gasteiger partial charge in [-0.05, 0) is 17.7 Å². The number of nitrogens with zero attached hydrogens (tertiary/aromatic N) is 3. The topological polar surface area (TPSA) is 56.3 Å². The number of benzene rings is 1. The van der Waals surface area contributed by atoms with E-state index < -0.39 is 0 Å². The van der Waals surface area contributed by atoms with Gasteiger partial charge in [0.25, 0.3) is 0 Å². The first-order valence-electron chi connectivity index (χ1n) is 9.94. The van der Waals surface area contributed by atoms with Gasteiger partial charge in [-0.2, -0.15) is 0 Å². The Balaban J connectivity index is 1.78. The maximum atomic E-state index is 5.68. The van der Waals surface area contributed by atoms with Crippen LogP contribution in [0.3, 0.4) is 0 Å². The van der Waals surface area contributed by atoms with E-state index in [0.29, 0.717) is 11.5 Å². The molecule has 0 bridgehead atoms. The van der Waals surface area contributed by atoms with Crippen LogP contribution < -0.4 is 14.2 Å². The Labute approximate surface area is 173 Å². The third kappa shape index (κ3) is 5.82. The van der Waals surface area contributed by atoms with E-state index in [9.17, 15) is 0 Å². The van der Waals surface area contributed by atoms with Gasteiger partial charge in [0, 0.05) is 57.2 Å². The van der Waals surface area contributed by atoms with Crippen LogP contribution in [0.5, 0.6) is 17.2 Å². The van der Waals surface area contributed by atoms with Crippen LogP contribution in [0.2, 0.25) is 0 Å². The molecule has 2 aromatic rings. The largest absolute Gasteiger partial charge is 0.493 e. The van der Waals surface area contributed by atoms with E-state index in [0.717, 1.165) is 63.8 Å². The Bertz CT molecular complexity index is 751. The van der Waals surface area contributed by atoms with Gasteiger partial charge in [0.1, 0.15) is 0 Å². The minimum absolute atomic E-state index is 0.627. The van der Waals surface area contributed by atoms with Crippen molar-refractivity contribution in [2.45, 2.75) is 13.1 Å². The standard InChI is InChI=1S/C22H31N3O4/c1-26-20-7-6-19(21(27-2)22(20)28-3)17-25(16-18-5-4-8-23-15-18)10-9-24-11-13-29-14-12-24/h4-8,15H,9-14,16-17H2,1-3H3. The van der Waals surface area contributed by atoms with Crippen LogP contribution in [0.25, 0.3) is 0 Å². The zero-order valence-electron chi connectivity index (χ0n) is 17.6. The molecule has 0 atom stereocenters. The van der Waals surface area contributed by atoms with Gasteiger partial charge in [-0.15, -0.1) is 0 Å². The summed E-state index contributed by atoms with van der Waals surface area (Å²) in [5, 5.41) is 0. The number of pyridine rings is 1. The van der Waals surface area contributed by atoms with E-state index in [1.165, 1.54) is 5.56 Å². The van der Waals surface area contributed by atoms with E-state index in [2.05, 4.69) is 20.9 Å². The maximum absolute atomic E-state index is 5.68. The van der Waals surface area contributed by atoms with Gasteiger partial charge >= 0.3 is 0 Å². The molecular formula is C22H31N3O4. The number of rotatable bonds is 10. The second-order valence-electron chi connectivity index (χ2n) is 7.02. The Morgan fingerprint density at radius 3 is 2.45 bits per heavy atom. The zero-order valence-corrected chi connectivity index (χ0v) is 17.6. The lowest BCUT2D eigenvalue weighted by atomic mass is 10.1. The smallest absolute Gasteiger partial charge is 0.203 e. The lowest BCUT2D eigenvalue weighted by Gasteiger charge is -2.30. The van der Waals surface area contributed by atoms with Crippen molar-refractivity contribution >= 4 is 0 Å². The molecule has 1 aliphatic rings. The molecular weight excluding hydrogens is 370 g/mol. The number of methoxy groups -OCH3 is 3. The van der Waals surface area contributed by atoms with E-state index in [-0.39, 0.29) is 0 Å². The van der Waals surface area contributed by atoms with Crippen molar-refractivity contribution in [3.8, 4) is 17.2 Å². The number of ether oxygens (including phenoxy) is 4. The Hall–Kier alpha value is -2.35. The van der Waals surface area contributed by atoms with E-state index >= 15 is 0 Å². The van der Waals surface area contributed by atoms with E-state index in [1.54, 1.807) is 27.5 Å². The van der Waals surface area contributed by atoms with Crippen molar-refractivity contribution in [1.29, 1.82) is 0 Å². The first-order valence-corrected chi connectivity index (χ1v) is 9.94. The van der Waals surface area contributed by atoms with E-state index in [4.69, 9.17) is 18.9 Å². The molecule has 2 heterocycles. The van der Waals surface area contributed by atoms with Gasteiger partial charge in [0.15, 0.2) is 11.5 Å². The minimum Gasteiger partial charge on any atom is -0.493 e. The number of morpholine rings is 1. The van der Waals surface area contributed by atoms with Crippen molar-refractivity contribution in [3.63, 3.8) is 0 Å². The number of aromatic nitrogens is 1. The first kappa shape index (κ1) is 21.4. The highest BCUT2D eigenvalue weighted by atomic mass is 16.5. The first-order chi connectivity index (χ1) is 14.2. The van der Waals surface area contributed by atoms with E-state index in [1.807, 2.05) is 24.4 Å². The number of hydrogen-bond acceptors (Lipinski definition) is 7. The Morgan fingerprint density at radius 2 is 1.79 bits per heavy atom. The molecule has 7 nitrogen and oxygen atoms in total. The summed E-state index contributed by atoms with van der Waals surface area (Å²) >= 11 is 0. The summed E-state index contributed by atoms with van der Waals surface area (Å²) < 4.78 is 22.1. The molecule has 1 aromatic heterocycles. The van der Waals surface area contributed by atoms with Crippen molar-refractivity contribution in [2.24, 2.45) is 0 Å². The van der Waals surface area contributed by atoms with Crippen LogP contribution >= 0.6 is 0 Å². The second kappa shape index (κ2) is 11.0. The highest BCUT2D eigenvalue weighted by Gasteiger charge is 2.19. The third-order valence-electron chi connectivity index (χ3n) is 5.14. The maximum Gasteiger partial charge on any atom is 0.203 e. The van der Waals surface area contributed by atoms with Gasteiger partial charge in [-0.3, -0.25) is 14.8 Å². The molecule has 0 aliphatic carbocycles. The lowest BCUT2D eigenvalue weighted by molar-refractivity contribution is 0.0324. The van der Waals surface area contributed by atoms with Crippen LogP contribution in [-0.2, 0) is 17.8 Å². The summed E-state index contributed by atoms with van der Waals surface area (Å²) in [5.74, 6) is 2.01. The van der Waals surface area contributed by atoms with Crippen LogP contribution in [-0.4, -0.2) is 75.5 Å². The molecule has 0 amide bonds. The second-order valence-corrected chi connectivity index (χ2v) is 7.02. The lowest BCUT2D eigenvalue weighted by Crippen LogP contribution is -2.41. The molecule has 158 valence electrons.